The Morgan fingerprint density at radius 2 is 2.06 bits per heavy atom. The van der Waals surface area contributed by atoms with Gasteiger partial charge in [0.2, 0.25) is 0 Å². The van der Waals surface area contributed by atoms with E-state index in [2.05, 4.69) is 26.0 Å². The predicted octanol–water partition coefficient (Wildman–Crippen LogP) is 3.79. The highest BCUT2D eigenvalue weighted by atomic mass is 35.5. The highest BCUT2D eigenvalue weighted by Gasteiger charge is 2.27. The van der Waals surface area contributed by atoms with E-state index in [-0.39, 0.29) is 18.2 Å². The number of fused-ring (bicyclic) bond motifs is 1. The number of amides is 1. The van der Waals surface area contributed by atoms with Crippen LogP contribution in [0.3, 0.4) is 0 Å². The number of aliphatic hydroxyl groups is 1. The van der Waals surface area contributed by atoms with Crippen molar-refractivity contribution in [1.82, 2.24) is 19.9 Å². The molecule has 3 aromatic heterocycles. The Bertz CT molecular complexity index is 1080. The fourth-order valence-electron chi connectivity index (χ4n) is 2.84. The molecule has 0 radical (unpaired) electrons. The predicted molar refractivity (Wildman–Crippen MR) is 120 cm³/mol. The smallest absolute Gasteiger partial charge is 0.255 e. The second kappa shape index (κ2) is 9.07. The first-order valence-electron chi connectivity index (χ1n) is 9.85. The van der Waals surface area contributed by atoms with E-state index < -0.39 is 17.7 Å². The third kappa shape index (κ3) is 5.62. The molecular weight excluding hydrogens is 423 g/mol. The maximum absolute atomic E-state index is 14.0. The first kappa shape index (κ1) is 22.8. The van der Waals surface area contributed by atoms with E-state index in [1.165, 1.54) is 20.0 Å². The highest BCUT2D eigenvalue weighted by Crippen LogP contribution is 2.25. The molecule has 0 saturated carbocycles. The first-order chi connectivity index (χ1) is 14.5. The molecule has 0 aliphatic rings. The number of halogens is 2. The van der Waals surface area contributed by atoms with Crippen molar-refractivity contribution in [2.24, 2.45) is 0 Å². The van der Waals surface area contributed by atoms with Crippen molar-refractivity contribution < 1.29 is 14.3 Å². The van der Waals surface area contributed by atoms with Crippen LogP contribution in [0.4, 0.5) is 21.6 Å². The number of nitrogens with one attached hydrogen (secondary N) is 3. The zero-order chi connectivity index (χ0) is 22.8. The molecule has 0 aliphatic heterocycles. The molecule has 1 amide bonds. The monoisotopic (exact) mass is 448 g/mol. The largest absolute Gasteiger partial charge is 0.387 e. The van der Waals surface area contributed by atoms with Crippen LogP contribution < -0.4 is 16.0 Å². The van der Waals surface area contributed by atoms with Gasteiger partial charge >= 0.3 is 0 Å². The normalized spacial score (nSPS) is 12.8. The molecular formula is C21H26ClFN6O2. The maximum Gasteiger partial charge on any atom is 0.255 e. The number of alkyl halides is 1. The van der Waals surface area contributed by atoms with Gasteiger partial charge in [0.1, 0.15) is 12.0 Å². The molecule has 8 nitrogen and oxygen atoms in total. The zero-order valence-electron chi connectivity index (χ0n) is 17.8. The van der Waals surface area contributed by atoms with Gasteiger partial charge in [0, 0.05) is 30.2 Å². The summed E-state index contributed by atoms with van der Waals surface area (Å²) >= 11 is 6.14. The van der Waals surface area contributed by atoms with E-state index in [0.717, 1.165) is 11.2 Å². The number of hydrogen-bond acceptors (Lipinski definition) is 6. The summed E-state index contributed by atoms with van der Waals surface area (Å²) in [6.45, 7) is 6.28. The summed E-state index contributed by atoms with van der Waals surface area (Å²) in [5.41, 5.74) is 0.776. The Morgan fingerprint density at radius 3 is 2.74 bits per heavy atom. The lowest BCUT2D eigenvalue weighted by molar-refractivity contribution is -0.00177. The first-order valence-corrected chi connectivity index (χ1v) is 10.2. The van der Waals surface area contributed by atoms with Crippen molar-refractivity contribution in [3.05, 3.63) is 47.4 Å². The highest BCUT2D eigenvalue weighted by molar-refractivity contribution is 6.33. The SMILES string of the molecule is CC(C)Nc1cc(Nc2ccn3ncc(Cl)c3c2)ncc1C(=O)NCC(F)C(C)(C)O. The Balaban J connectivity index is 1.81. The molecule has 0 aromatic carbocycles. The van der Waals surface area contributed by atoms with Crippen molar-refractivity contribution >= 4 is 40.2 Å². The van der Waals surface area contributed by atoms with E-state index in [4.69, 9.17) is 11.6 Å². The van der Waals surface area contributed by atoms with Gasteiger partial charge in [-0.05, 0) is 39.8 Å². The molecule has 4 N–H and O–H groups in total. The molecule has 3 rings (SSSR count). The zero-order valence-corrected chi connectivity index (χ0v) is 18.5. The summed E-state index contributed by atoms with van der Waals surface area (Å²) < 4.78 is 15.7. The molecule has 0 aliphatic carbocycles. The number of carbonyl (C=O) groups is 1. The Labute approximate surface area is 184 Å². The van der Waals surface area contributed by atoms with Gasteiger partial charge in [0.25, 0.3) is 5.91 Å². The molecule has 0 spiro atoms. The Morgan fingerprint density at radius 1 is 1.32 bits per heavy atom. The van der Waals surface area contributed by atoms with Crippen LogP contribution in [0, 0.1) is 0 Å². The van der Waals surface area contributed by atoms with Crippen molar-refractivity contribution in [2.75, 3.05) is 17.2 Å². The van der Waals surface area contributed by atoms with Crippen LogP contribution in [0.15, 0.2) is 36.8 Å². The molecule has 0 bridgehead atoms. The number of hydrogen-bond donors (Lipinski definition) is 4. The third-order valence-electron chi connectivity index (χ3n) is 4.55. The Hall–Kier alpha value is -2.91. The quantitative estimate of drug-likeness (QED) is 0.418. The van der Waals surface area contributed by atoms with E-state index in [1.807, 2.05) is 26.0 Å². The van der Waals surface area contributed by atoms with Gasteiger partial charge < -0.3 is 21.1 Å². The van der Waals surface area contributed by atoms with Gasteiger partial charge in [-0.15, -0.1) is 0 Å². The average Bonchev–Trinajstić information content (AvgIpc) is 3.05. The fourth-order valence-corrected chi connectivity index (χ4v) is 3.02. The van der Waals surface area contributed by atoms with Crippen molar-refractivity contribution in [1.29, 1.82) is 0 Å². The van der Waals surface area contributed by atoms with Crippen LogP contribution >= 0.6 is 11.6 Å². The lowest BCUT2D eigenvalue weighted by Crippen LogP contribution is -2.42. The second-order valence-corrected chi connectivity index (χ2v) is 8.52. The Kier molecular flexibility index (Phi) is 6.66. The summed E-state index contributed by atoms with van der Waals surface area (Å²) in [7, 11) is 0. The molecule has 166 valence electrons. The average molecular weight is 449 g/mol. The van der Waals surface area contributed by atoms with Crippen LogP contribution in [0.2, 0.25) is 5.02 Å². The summed E-state index contributed by atoms with van der Waals surface area (Å²) in [5, 5.41) is 23.3. The van der Waals surface area contributed by atoms with Crippen molar-refractivity contribution in [3.63, 3.8) is 0 Å². The van der Waals surface area contributed by atoms with Crippen molar-refractivity contribution in [3.8, 4) is 0 Å². The van der Waals surface area contributed by atoms with Gasteiger partial charge in [-0.3, -0.25) is 4.79 Å². The van der Waals surface area contributed by atoms with Crippen LogP contribution in [0.1, 0.15) is 38.1 Å². The van der Waals surface area contributed by atoms with Gasteiger partial charge in [-0.1, -0.05) is 11.6 Å². The number of rotatable bonds is 8. The molecule has 1 atom stereocenters. The minimum Gasteiger partial charge on any atom is -0.387 e. The molecule has 0 saturated heterocycles. The van der Waals surface area contributed by atoms with Gasteiger partial charge in [-0.2, -0.15) is 5.10 Å². The standard InChI is InChI=1S/C21H26ClFN6O2/c1-12(2)27-16-8-19(28-13-5-6-29-17(7-13)15(22)10-26-29)24-9-14(16)20(30)25-11-18(23)21(3,4)31/h5-10,12,18,31H,11H2,1-4H3,(H,25,30)(H2,24,27,28). The molecule has 31 heavy (non-hydrogen) atoms. The number of anilines is 3. The fraction of sp³-hybridized carbons (Fsp3) is 0.381. The van der Waals surface area contributed by atoms with E-state index in [1.54, 1.807) is 23.0 Å². The minimum absolute atomic E-state index is 0.0500. The number of nitrogens with zero attached hydrogens (tertiary/aromatic N) is 3. The van der Waals surface area contributed by atoms with Crippen LogP contribution in [-0.4, -0.2) is 50.0 Å². The maximum atomic E-state index is 14.0. The molecule has 0 fully saturated rings. The van der Waals surface area contributed by atoms with Crippen LogP contribution in [-0.2, 0) is 0 Å². The molecule has 1 unspecified atom stereocenters. The van der Waals surface area contributed by atoms with Gasteiger partial charge in [-0.25, -0.2) is 13.9 Å². The number of pyridine rings is 2. The summed E-state index contributed by atoms with van der Waals surface area (Å²) in [6, 6.07) is 5.42. The molecule has 3 heterocycles. The second-order valence-electron chi connectivity index (χ2n) is 8.11. The van der Waals surface area contributed by atoms with Crippen LogP contribution in [0.25, 0.3) is 5.52 Å². The summed E-state index contributed by atoms with van der Waals surface area (Å²) in [5.74, 6) is 0.0288. The lowest BCUT2D eigenvalue weighted by atomic mass is 10.0. The van der Waals surface area contributed by atoms with E-state index in [9.17, 15) is 14.3 Å². The number of aromatic nitrogens is 3. The van der Waals surface area contributed by atoms with Crippen molar-refractivity contribution in [2.45, 2.75) is 45.5 Å². The van der Waals surface area contributed by atoms with E-state index in [0.29, 0.717) is 16.5 Å². The lowest BCUT2D eigenvalue weighted by Gasteiger charge is -2.23. The summed E-state index contributed by atoms with van der Waals surface area (Å²) in [4.78, 5) is 16.9. The van der Waals surface area contributed by atoms with Crippen LogP contribution in [0.5, 0.6) is 0 Å². The number of carbonyl (C=O) groups excluding carboxylic acids is 1. The molecule has 3 aromatic rings. The molecule has 10 heteroatoms. The minimum atomic E-state index is -1.60. The summed E-state index contributed by atoms with van der Waals surface area (Å²) in [6.07, 6.45) is 3.16. The third-order valence-corrected chi connectivity index (χ3v) is 4.84. The van der Waals surface area contributed by atoms with Gasteiger partial charge in [0.15, 0.2) is 0 Å². The topological polar surface area (TPSA) is 104 Å². The van der Waals surface area contributed by atoms with Gasteiger partial charge in [0.05, 0.1) is 40.1 Å². The van der Waals surface area contributed by atoms with E-state index >= 15 is 0 Å².